The fourth-order valence-electron chi connectivity index (χ4n) is 3.40. The van der Waals surface area contributed by atoms with Gasteiger partial charge >= 0.3 is 0 Å². The minimum Gasteiger partial charge on any atom is -0.390 e. The minimum atomic E-state index is -0.616. The molecular weight excluding hydrogens is 256 g/mol. The van der Waals surface area contributed by atoms with Gasteiger partial charge in [-0.25, -0.2) is 0 Å². The SMILES string of the molecule is C=C(C)C#CC1CC2OC(C)(C)C(O)CC23OC3C1O. The van der Waals surface area contributed by atoms with Crippen molar-refractivity contribution in [3.63, 3.8) is 0 Å². The van der Waals surface area contributed by atoms with Crippen LogP contribution in [-0.4, -0.2) is 45.8 Å². The van der Waals surface area contributed by atoms with Crippen LogP contribution in [0.2, 0.25) is 0 Å². The van der Waals surface area contributed by atoms with Crippen LogP contribution in [0.3, 0.4) is 0 Å². The maximum Gasteiger partial charge on any atom is 0.126 e. The Balaban J connectivity index is 1.82. The van der Waals surface area contributed by atoms with Crippen LogP contribution in [0.25, 0.3) is 0 Å². The first-order valence-electron chi connectivity index (χ1n) is 7.15. The molecule has 1 saturated carbocycles. The summed E-state index contributed by atoms with van der Waals surface area (Å²) in [4.78, 5) is 0. The van der Waals surface area contributed by atoms with Crippen LogP contribution in [0.5, 0.6) is 0 Å². The number of allylic oxidation sites excluding steroid dienone is 1. The maximum absolute atomic E-state index is 10.3. The van der Waals surface area contributed by atoms with Gasteiger partial charge in [0.2, 0.25) is 0 Å². The van der Waals surface area contributed by atoms with E-state index in [1.54, 1.807) is 0 Å². The Labute approximate surface area is 119 Å². The van der Waals surface area contributed by atoms with Crippen LogP contribution in [0.1, 0.15) is 33.6 Å². The third-order valence-electron chi connectivity index (χ3n) is 4.74. The fourth-order valence-corrected chi connectivity index (χ4v) is 3.40. The summed E-state index contributed by atoms with van der Waals surface area (Å²) in [5, 5.41) is 20.5. The van der Waals surface area contributed by atoms with Crippen molar-refractivity contribution in [3.8, 4) is 11.8 Å². The van der Waals surface area contributed by atoms with E-state index in [0.29, 0.717) is 12.8 Å². The molecule has 110 valence electrons. The van der Waals surface area contributed by atoms with Gasteiger partial charge in [-0.15, -0.1) is 0 Å². The van der Waals surface area contributed by atoms with Crippen LogP contribution in [0.15, 0.2) is 12.2 Å². The highest BCUT2D eigenvalue weighted by molar-refractivity contribution is 5.29. The zero-order valence-electron chi connectivity index (χ0n) is 12.2. The Kier molecular flexibility index (Phi) is 3.04. The normalized spacial score (nSPS) is 48.4. The zero-order valence-corrected chi connectivity index (χ0v) is 12.2. The van der Waals surface area contributed by atoms with Crippen LogP contribution in [-0.2, 0) is 9.47 Å². The minimum absolute atomic E-state index is 0.112. The highest BCUT2D eigenvalue weighted by Crippen LogP contribution is 2.57. The van der Waals surface area contributed by atoms with Crippen molar-refractivity contribution in [2.24, 2.45) is 5.92 Å². The van der Waals surface area contributed by atoms with E-state index in [2.05, 4.69) is 18.4 Å². The van der Waals surface area contributed by atoms with Gasteiger partial charge in [-0.1, -0.05) is 18.4 Å². The van der Waals surface area contributed by atoms with Crippen LogP contribution >= 0.6 is 0 Å². The van der Waals surface area contributed by atoms with Gasteiger partial charge in [-0.05, 0) is 32.8 Å². The second-order valence-electron chi connectivity index (χ2n) is 6.81. The molecule has 4 heteroatoms. The summed E-state index contributed by atoms with van der Waals surface area (Å²) in [6, 6.07) is 0. The van der Waals surface area contributed by atoms with E-state index in [9.17, 15) is 10.2 Å². The molecule has 0 aromatic rings. The van der Waals surface area contributed by atoms with E-state index in [0.717, 1.165) is 5.57 Å². The molecule has 6 unspecified atom stereocenters. The number of aliphatic hydroxyl groups is 2. The molecule has 6 atom stereocenters. The molecule has 2 heterocycles. The van der Waals surface area contributed by atoms with E-state index in [1.807, 2.05) is 20.8 Å². The highest BCUT2D eigenvalue weighted by atomic mass is 16.7. The van der Waals surface area contributed by atoms with E-state index in [4.69, 9.17) is 9.47 Å². The molecule has 3 rings (SSSR count). The molecule has 0 aromatic heterocycles. The Morgan fingerprint density at radius 2 is 2.00 bits per heavy atom. The Morgan fingerprint density at radius 1 is 1.30 bits per heavy atom. The van der Waals surface area contributed by atoms with Crippen molar-refractivity contribution in [1.29, 1.82) is 0 Å². The molecule has 3 aliphatic rings. The van der Waals surface area contributed by atoms with Crippen molar-refractivity contribution in [3.05, 3.63) is 12.2 Å². The average molecular weight is 278 g/mol. The molecule has 1 spiro atoms. The lowest BCUT2D eigenvalue weighted by atomic mass is 9.72. The number of aliphatic hydroxyl groups excluding tert-OH is 2. The van der Waals surface area contributed by atoms with E-state index >= 15 is 0 Å². The second kappa shape index (κ2) is 4.32. The van der Waals surface area contributed by atoms with Crippen molar-refractivity contribution in [2.75, 3.05) is 0 Å². The quantitative estimate of drug-likeness (QED) is 0.513. The summed E-state index contributed by atoms with van der Waals surface area (Å²) in [6.45, 7) is 9.38. The zero-order chi connectivity index (χ0) is 14.7. The molecule has 1 aliphatic carbocycles. The van der Waals surface area contributed by atoms with Gasteiger partial charge in [0, 0.05) is 6.42 Å². The molecule has 2 N–H and O–H groups in total. The Hall–Kier alpha value is -0.860. The summed E-state index contributed by atoms with van der Waals surface area (Å²) in [5.74, 6) is 5.85. The summed E-state index contributed by atoms with van der Waals surface area (Å²) in [6.07, 6.45) is -0.416. The van der Waals surface area contributed by atoms with Gasteiger partial charge in [-0.3, -0.25) is 0 Å². The van der Waals surface area contributed by atoms with Crippen molar-refractivity contribution in [1.82, 2.24) is 0 Å². The largest absolute Gasteiger partial charge is 0.390 e. The molecule has 20 heavy (non-hydrogen) atoms. The molecule has 4 nitrogen and oxygen atoms in total. The maximum atomic E-state index is 10.3. The van der Waals surface area contributed by atoms with Gasteiger partial charge < -0.3 is 19.7 Å². The fraction of sp³-hybridized carbons (Fsp3) is 0.750. The van der Waals surface area contributed by atoms with Gasteiger partial charge in [-0.2, -0.15) is 0 Å². The second-order valence-corrected chi connectivity index (χ2v) is 6.81. The summed E-state index contributed by atoms with van der Waals surface area (Å²) in [5.41, 5.74) is -0.303. The molecule has 2 aliphatic heterocycles. The van der Waals surface area contributed by atoms with E-state index in [-0.39, 0.29) is 18.1 Å². The first-order valence-corrected chi connectivity index (χ1v) is 7.15. The third-order valence-corrected chi connectivity index (χ3v) is 4.74. The first-order chi connectivity index (χ1) is 9.26. The molecule has 2 saturated heterocycles. The lowest BCUT2D eigenvalue weighted by molar-refractivity contribution is -0.207. The number of epoxide rings is 1. The van der Waals surface area contributed by atoms with Crippen molar-refractivity contribution >= 4 is 0 Å². The van der Waals surface area contributed by atoms with Crippen molar-refractivity contribution < 1.29 is 19.7 Å². The van der Waals surface area contributed by atoms with E-state index < -0.39 is 23.4 Å². The monoisotopic (exact) mass is 278 g/mol. The Bertz CT molecular complexity index is 500. The number of hydrogen-bond acceptors (Lipinski definition) is 4. The average Bonchev–Trinajstić information content (AvgIpc) is 3.05. The molecule has 0 bridgehead atoms. The molecular formula is C16H22O4. The lowest BCUT2D eigenvalue weighted by Crippen LogP contribution is -2.59. The van der Waals surface area contributed by atoms with Gasteiger partial charge in [0.1, 0.15) is 11.7 Å². The standard InChI is InChI=1S/C16H22O4/c1-9(2)5-6-10-7-12-16(14(20-16)13(10)18)8-11(17)15(3,4)19-12/h10-14,17-18H,1,7-8H2,2-4H3. The number of rotatable bonds is 0. The smallest absolute Gasteiger partial charge is 0.126 e. The molecule has 3 fully saturated rings. The lowest BCUT2D eigenvalue weighted by Gasteiger charge is -2.46. The highest BCUT2D eigenvalue weighted by Gasteiger charge is 2.72. The predicted molar refractivity (Wildman–Crippen MR) is 73.9 cm³/mol. The number of hydrogen-bond donors (Lipinski definition) is 2. The summed E-state index contributed by atoms with van der Waals surface area (Å²) >= 11 is 0. The summed E-state index contributed by atoms with van der Waals surface area (Å²) in [7, 11) is 0. The third kappa shape index (κ3) is 2.01. The molecule has 0 aromatic carbocycles. The van der Waals surface area contributed by atoms with Crippen LogP contribution in [0, 0.1) is 17.8 Å². The summed E-state index contributed by atoms with van der Waals surface area (Å²) < 4.78 is 11.8. The van der Waals surface area contributed by atoms with Gasteiger partial charge in [0.05, 0.1) is 29.8 Å². The topological polar surface area (TPSA) is 62.2 Å². The molecule has 0 radical (unpaired) electrons. The van der Waals surface area contributed by atoms with Gasteiger partial charge in [0.25, 0.3) is 0 Å². The van der Waals surface area contributed by atoms with Gasteiger partial charge in [0.15, 0.2) is 0 Å². The molecule has 0 amide bonds. The Morgan fingerprint density at radius 3 is 2.65 bits per heavy atom. The van der Waals surface area contributed by atoms with Crippen molar-refractivity contribution in [2.45, 2.75) is 69.2 Å². The van der Waals surface area contributed by atoms with Crippen LogP contribution < -0.4 is 0 Å². The number of ether oxygens (including phenoxy) is 2. The first kappa shape index (κ1) is 14.1. The van der Waals surface area contributed by atoms with Crippen LogP contribution in [0.4, 0.5) is 0 Å². The van der Waals surface area contributed by atoms with E-state index in [1.165, 1.54) is 0 Å². The predicted octanol–water partition coefficient (Wildman–Crippen LogP) is 1.01.